The number of rotatable bonds is 6. The fourth-order valence-electron chi connectivity index (χ4n) is 3.39. The molecule has 2 aromatic carbocycles. The molecule has 0 saturated heterocycles. The molecule has 1 aliphatic rings. The molecule has 3 rings (SSSR count). The van der Waals surface area contributed by atoms with Gasteiger partial charge in [-0.3, -0.25) is 14.4 Å². The Bertz CT molecular complexity index is 955. The first-order chi connectivity index (χ1) is 13.2. The third kappa shape index (κ3) is 3.88. The van der Waals surface area contributed by atoms with Gasteiger partial charge in [-0.1, -0.05) is 18.2 Å². The molecule has 146 valence electrons. The van der Waals surface area contributed by atoms with Gasteiger partial charge in [-0.25, -0.2) is 4.39 Å². The molecule has 7 heteroatoms. The van der Waals surface area contributed by atoms with Crippen molar-refractivity contribution < 1.29 is 23.9 Å². The first kappa shape index (κ1) is 19.5. The molecule has 0 radical (unpaired) electrons. The number of halogens is 1. The lowest BCUT2D eigenvalue weighted by Gasteiger charge is -2.18. The van der Waals surface area contributed by atoms with Crippen LogP contribution in [0.5, 0.6) is 0 Å². The molecule has 1 heterocycles. The summed E-state index contributed by atoms with van der Waals surface area (Å²) >= 11 is 0. The van der Waals surface area contributed by atoms with E-state index in [1.807, 2.05) is 0 Å². The van der Waals surface area contributed by atoms with Crippen LogP contribution in [0.1, 0.15) is 43.7 Å². The van der Waals surface area contributed by atoms with Crippen LogP contribution in [-0.2, 0) is 19.8 Å². The number of carbonyl (C=O) groups is 3. The van der Waals surface area contributed by atoms with E-state index in [-0.39, 0.29) is 24.3 Å². The summed E-state index contributed by atoms with van der Waals surface area (Å²) in [6.45, 7) is 3.58. The minimum Gasteiger partial charge on any atom is -0.481 e. The molecule has 0 bridgehead atoms. The molecule has 0 fully saturated rings. The van der Waals surface area contributed by atoms with Crippen LogP contribution in [0.25, 0.3) is 0 Å². The Labute approximate surface area is 161 Å². The molecule has 1 aliphatic heterocycles. The van der Waals surface area contributed by atoms with Crippen LogP contribution in [0, 0.1) is 5.82 Å². The second-order valence-electron chi connectivity index (χ2n) is 7.41. The highest BCUT2D eigenvalue weighted by Gasteiger charge is 2.38. The average Bonchev–Trinajstić information content (AvgIpc) is 2.84. The van der Waals surface area contributed by atoms with Gasteiger partial charge in [0, 0.05) is 23.7 Å². The Morgan fingerprint density at radius 3 is 2.57 bits per heavy atom. The average molecular weight is 384 g/mol. The zero-order valence-electron chi connectivity index (χ0n) is 15.6. The summed E-state index contributed by atoms with van der Waals surface area (Å²) in [5.74, 6) is -2.97. The molecule has 28 heavy (non-hydrogen) atoms. The van der Waals surface area contributed by atoms with E-state index < -0.39 is 29.0 Å². The highest BCUT2D eigenvalue weighted by Crippen LogP contribution is 2.38. The van der Waals surface area contributed by atoms with Crippen LogP contribution in [0.15, 0.2) is 42.5 Å². The lowest BCUT2D eigenvalue weighted by molar-refractivity contribution is -0.137. The number of aliphatic carboxylic acids is 1. The molecule has 0 spiro atoms. The largest absolute Gasteiger partial charge is 0.481 e. The predicted molar refractivity (Wildman–Crippen MR) is 103 cm³/mol. The monoisotopic (exact) mass is 384 g/mol. The molecule has 0 saturated carbocycles. The van der Waals surface area contributed by atoms with Crippen molar-refractivity contribution in [1.82, 2.24) is 0 Å². The van der Waals surface area contributed by atoms with E-state index >= 15 is 0 Å². The summed E-state index contributed by atoms with van der Waals surface area (Å²) in [7, 11) is 0. The highest BCUT2D eigenvalue weighted by molar-refractivity contribution is 6.06. The zero-order chi connectivity index (χ0) is 20.5. The maximum atomic E-state index is 14.1. The fraction of sp³-hybridized carbons (Fsp3) is 0.286. The molecule has 2 aromatic rings. The lowest BCUT2D eigenvalue weighted by atomic mass is 9.86. The predicted octanol–water partition coefficient (Wildman–Crippen LogP) is 3.64. The Balaban J connectivity index is 1.77. The molecule has 1 atom stereocenters. The SMILES string of the molecule is CC1(C)C(=O)Nc2ccc(NC(=O)CC(CC(=O)O)c3ccccc3F)cc21. The molecule has 0 aromatic heterocycles. The number of fused-ring (bicyclic) bond motifs is 1. The fourth-order valence-corrected chi connectivity index (χ4v) is 3.39. The van der Waals surface area contributed by atoms with Gasteiger partial charge >= 0.3 is 5.97 Å². The molecule has 0 aliphatic carbocycles. The van der Waals surface area contributed by atoms with Crippen molar-refractivity contribution >= 4 is 29.2 Å². The maximum Gasteiger partial charge on any atom is 0.303 e. The Hall–Kier alpha value is -3.22. The minimum absolute atomic E-state index is 0.118. The molecular weight excluding hydrogens is 363 g/mol. The van der Waals surface area contributed by atoms with Gasteiger partial charge in [-0.2, -0.15) is 0 Å². The quantitative estimate of drug-likeness (QED) is 0.708. The number of amides is 2. The number of benzene rings is 2. The number of carboxylic acids is 1. The van der Waals surface area contributed by atoms with Crippen LogP contribution < -0.4 is 10.6 Å². The summed E-state index contributed by atoms with van der Waals surface area (Å²) in [4.78, 5) is 35.7. The van der Waals surface area contributed by atoms with Crippen molar-refractivity contribution in [2.75, 3.05) is 10.6 Å². The van der Waals surface area contributed by atoms with Gasteiger partial charge in [0.25, 0.3) is 0 Å². The number of carboxylic acid groups (broad SMARTS) is 1. The van der Waals surface area contributed by atoms with Crippen LogP contribution in [0.3, 0.4) is 0 Å². The Morgan fingerprint density at radius 1 is 1.18 bits per heavy atom. The van der Waals surface area contributed by atoms with Crippen LogP contribution in [0.4, 0.5) is 15.8 Å². The first-order valence-electron chi connectivity index (χ1n) is 8.90. The van der Waals surface area contributed by atoms with Crippen molar-refractivity contribution in [3.05, 3.63) is 59.4 Å². The van der Waals surface area contributed by atoms with Crippen molar-refractivity contribution in [3.8, 4) is 0 Å². The van der Waals surface area contributed by atoms with Crippen LogP contribution >= 0.6 is 0 Å². The Kier molecular flexibility index (Phi) is 5.18. The maximum absolute atomic E-state index is 14.1. The summed E-state index contributed by atoms with van der Waals surface area (Å²) in [5, 5.41) is 14.6. The smallest absolute Gasteiger partial charge is 0.303 e. The zero-order valence-corrected chi connectivity index (χ0v) is 15.6. The van der Waals surface area contributed by atoms with Crippen molar-refractivity contribution in [1.29, 1.82) is 0 Å². The van der Waals surface area contributed by atoms with Crippen LogP contribution in [-0.4, -0.2) is 22.9 Å². The van der Waals surface area contributed by atoms with E-state index in [0.717, 1.165) is 5.56 Å². The molecular formula is C21H21FN2O4. The molecule has 6 nitrogen and oxygen atoms in total. The van der Waals surface area contributed by atoms with Gasteiger partial charge in [0.2, 0.25) is 11.8 Å². The summed E-state index contributed by atoms with van der Waals surface area (Å²) in [6, 6.07) is 11.0. The minimum atomic E-state index is -1.11. The topological polar surface area (TPSA) is 95.5 Å². The van der Waals surface area contributed by atoms with Gasteiger partial charge < -0.3 is 15.7 Å². The molecule has 2 amide bonds. The second-order valence-corrected chi connectivity index (χ2v) is 7.41. The number of carbonyl (C=O) groups excluding carboxylic acids is 2. The summed E-state index contributed by atoms with van der Waals surface area (Å²) in [6.07, 6.45) is -0.533. The molecule has 3 N–H and O–H groups in total. The molecule has 1 unspecified atom stereocenters. The van der Waals surface area contributed by atoms with E-state index in [9.17, 15) is 18.8 Å². The Morgan fingerprint density at radius 2 is 1.89 bits per heavy atom. The van der Waals surface area contributed by atoms with Gasteiger partial charge in [-0.15, -0.1) is 0 Å². The second kappa shape index (κ2) is 7.42. The summed E-state index contributed by atoms with van der Waals surface area (Å²) < 4.78 is 14.1. The van der Waals surface area contributed by atoms with Crippen LogP contribution in [0.2, 0.25) is 0 Å². The number of nitrogens with one attached hydrogen (secondary N) is 2. The van der Waals surface area contributed by atoms with Crippen molar-refractivity contribution in [2.24, 2.45) is 0 Å². The number of anilines is 2. The van der Waals surface area contributed by atoms with E-state index in [1.165, 1.54) is 18.2 Å². The number of hydrogen-bond acceptors (Lipinski definition) is 3. The van der Waals surface area contributed by atoms with Gasteiger partial charge in [-0.05, 0) is 49.2 Å². The third-order valence-electron chi connectivity index (χ3n) is 4.99. The third-order valence-corrected chi connectivity index (χ3v) is 4.99. The number of hydrogen-bond donors (Lipinski definition) is 3. The van der Waals surface area contributed by atoms with Crippen molar-refractivity contribution in [3.63, 3.8) is 0 Å². The van der Waals surface area contributed by atoms with Gasteiger partial charge in [0.15, 0.2) is 0 Å². The lowest BCUT2D eigenvalue weighted by Crippen LogP contribution is -2.27. The van der Waals surface area contributed by atoms with E-state index in [0.29, 0.717) is 11.4 Å². The van der Waals surface area contributed by atoms with Gasteiger partial charge in [0.05, 0.1) is 11.8 Å². The van der Waals surface area contributed by atoms with E-state index in [4.69, 9.17) is 5.11 Å². The van der Waals surface area contributed by atoms with E-state index in [2.05, 4.69) is 10.6 Å². The normalized spacial score (nSPS) is 15.5. The first-order valence-corrected chi connectivity index (χ1v) is 8.90. The highest BCUT2D eigenvalue weighted by atomic mass is 19.1. The van der Waals surface area contributed by atoms with E-state index in [1.54, 1.807) is 38.1 Å². The standard InChI is InChI=1S/C21H21FN2O4/c1-21(2)15-11-13(7-8-17(15)24-20(21)28)23-18(25)9-12(10-19(26)27)14-5-3-4-6-16(14)22/h3-8,11-12H,9-10H2,1-2H3,(H,23,25)(H,24,28)(H,26,27). The van der Waals surface area contributed by atoms with Gasteiger partial charge in [0.1, 0.15) is 5.82 Å². The summed E-state index contributed by atoms with van der Waals surface area (Å²) in [5.41, 5.74) is 1.45. The van der Waals surface area contributed by atoms with Crippen molar-refractivity contribution in [2.45, 2.75) is 38.0 Å².